The number of hydrogen-bond donors (Lipinski definition) is 3. The molecule has 1 rings (SSSR count). The number of anilines is 1. The lowest BCUT2D eigenvalue weighted by molar-refractivity contribution is 0.147. The Labute approximate surface area is 178 Å². The standard InChI is InChI=1S/C18H30N4O4.HI/c1-6-26-18(23)22-14(9-12(2)3)11-20-17(19)21-13-7-8-15(24-4)16(10-13)25-5;/h7-8,10,12,14H,6,9,11H2,1-5H3,(H,22,23)(H3,19,20,21);1H. The van der Waals surface area contributed by atoms with Crippen molar-refractivity contribution >= 4 is 41.7 Å². The quantitative estimate of drug-likeness (QED) is 0.277. The van der Waals surface area contributed by atoms with Gasteiger partial charge in [0.25, 0.3) is 0 Å². The third-order valence-corrected chi connectivity index (χ3v) is 3.49. The van der Waals surface area contributed by atoms with E-state index < -0.39 is 6.09 Å². The fourth-order valence-corrected chi connectivity index (χ4v) is 2.40. The van der Waals surface area contributed by atoms with Gasteiger partial charge in [0.1, 0.15) is 0 Å². The van der Waals surface area contributed by atoms with Gasteiger partial charge in [-0.25, -0.2) is 4.79 Å². The van der Waals surface area contributed by atoms with E-state index in [9.17, 15) is 4.79 Å². The summed E-state index contributed by atoms with van der Waals surface area (Å²) in [6, 6.07) is 5.20. The average Bonchev–Trinajstić information content (AvgIpc) is 2.59. The summed E-state index contributed by atoms with van der Waals surface area (Å²) in [7, 11) is 3.14. The molecule has 0 saturated carbocycles. The molecule has 0 aliphatic carbocycles. The SMILES string of the molecule is CCOC(=O)NC(CN=C(N)Nc1ccc(OC)c(OC)c1)CC(C)C.I. The Morgan fingerprint density at radius 2 is 1.89 bits per heavy atom. The van der Waals surface area contributed by atoms with Crippen LogP contribution in [-0.2, 0) is 4.74 Å². The van der Waals surface area contributed by atoms with Gasteiger partial charge in [0.2, 0.25) is 0 Å². The van der Waals surface area contributed by atoms with Crippen LogP contribution in [-0.4, -0.2) is 45.5 Å². The van der Waals surface area contributed by atoms with Gasteiger partial charge in [-0.15, -0.1) is 24.0 Å². The summed E-state index contributed by atoms with van der Waals surface area (Å²) in [5.74, 6) is 1.87. The number of ether oxygens (including phenoxy) is 3. The molecule has 0 aliphatic rings. The molecule has 0 aromatic heterocycles. The molecule has 27 heavy (non-hydrogen) atoms. The molecule has 0 aliphatic heterocycles. The Hall–Kier alpha value is -1.91. The van der Waals surface area contributed by atoms with Gasteiger partial charge in [-0.3, -0.25) is 4.99 Å². The van der Waals surface area contributed by atoms with Crippen LogP contribution in [0.25, 0.3) is 0 Å². The van der Waals surface area contributed by atoms with E-state index in [1.54, 1.807) is 33.3 Å². The fourth-order valence-electron chi connectivity index (χ4n) is 2.40. The number of rotatable bonds is 9. The summed E-state index contributed by atoms with van der Waals surface area (Å²) in [4.78, 5) is 16.0. The number of methoxy groups -OCH3 is 2. The molecule has 4 N–H and O–H groups in total. The highest BCUT2D eigenvalue weighted by atomic mass is 127. The van der Waals surface area contributed by atoms with Crippen LogP contribution in [0, 0.1) is 5.92 Å². The van der Waals surface area contributed by atoms with E-state index in [1.165, 1.54) is 0 Å². The Kier molecular flexibility index (Phi) is 12.3. The zero-order valence-corrected chi connectivity index (χ0v) is 18.9. The van der Waals surface area contributed by atoms with E-state index in [0.717, 1.165) is 12.1 Å². The molecule has 0 saturated heterocycles. The molecule has 1 amide bonds. The number of amides is 1. The molecule has 0 bridgehead atoms. The molecule has 0 fully saturated rings. The Morgan fingerprint density at radius 1 is 1.22 bits per heavy atom. The topological polar surface area (TPSA) is 107 Å². The Morgan fingerprint density at radius 3 is 2.44 bits per heavy atom. The monoisotopic (exact) mass is 494 g/mol. The largest absolute Gasteiger partial charge is 0.493 e. The average molecular weight is 494 g/mol. The molecular formula is C18H31IN4O4. The molecular weight excluding hydrogens is 463 g/mol. The van der Waals surface area contributed by atoms with Crippen LogP contribution < -0.4 is 25.8 Å². The van der Waals surface area contributed by atoms with Crippen molar-refractivity contribution in [2.24, 2.45) is 16.6 Å². The molecule has 1 atom stereocenters. The van der Waals surface area contributed by atoms with E-state index in [2.05, 4.69) is 29.5 Å². The minimum atomic E-state index is -0.445. The molecule has 1 aromatic carbocycles. The van der Waals surface area contributed by atoms with Crippen molar-refractivity contribution in [2.45, 2.75) is 33.2 Å². The molecule has 1 unspecified atom stereocenters. The lowest BCUT2D eigenvalue weighted by Crippen LogP contribution is -2.39. The van der Waals surface area contributed by atoms with Crippen LogP contribution in [0.15, 0.2) is 23.2 Å². The molecule has 0 heterocycles. The van der Waals surface area contributed by atoms with Crippen LogP contribution in [0.2, 0.25) is 0 Å². The normalized spacial score (nSPS) is 12.0. The number of nitrogens with one attached hydrogen (secondary N) is 2. The van der Waals surface area contributed by atoms with Gasteiger partial charge < -0.3 is 30.6 Å². The third-order valence-electron chi connectivity index (χ3n) is 3.49. The van der Waals surface area contributed by atoms with E-state index in [-0.39, 0.29) is 36.0 Å². The predicted molar refractivity (Wildman–Crippen MR) is 118 cm³/mol. The number of guanidine groups is 1. The highest BCUT2D eigenvalue weighted by molar-refractivity contribution is 14.0. The van der Waals surface area contributed by atoms with Crippen molar-refractivity contribution in [3.63, 3.8) is 0 Å². The highest BCUT2D eigenvalue weighted by Crippen LogP contribution is 2.29. The number of carbonyl (C=O) groups excluding carboxylic acids is 1. The summed E-state index contributed by atoms with van der Waals surface area (Å²) >= 11 is 0. The minimum Gasteiger partial charge on any atom is -0.493 e. The third kappa shape index (κ3) is 9.55. The van der Waals surface area contributed by atoms with Crippen LogP contribution in [0.4, 0.5) is 10.5 Å². The molecule has 9 heteroatoms. The van der Waals surface area contributed by atoms with Crippen molar-refractivity contribution in [3.8, 4) is 11.5 Å². The lowest BCUT2D eigenvalue weighted by atomic mass is 10.0. The predicted octanol–water partition coefficient (Wildman–Crippen LogP) is 3.21. The first-order valence-electron chi connectivity index (χ1n) is 8.61. The Balaban J connectivity index is 0.00000676. The van der Waals surface area contributed by atoms with Crippen molar-refractivity contribution < 1.29 is 19.0 Å². The lowest BCUT2D eigenvalue weighted by Gasteiger charge is -2.19. The number of aliphatic imine (C=N–C) groups is 1. The number of carbonyl (C=O) groups is 1. The highest BCUT2D eigenvalue weighted by Gasteiger charge is 2.14. The van der Waals surface area contributed by atoms with Gasteiger partial charge in [-0.05, 0) is 31.4 Å². The summed E-state index contributed by atoms with van der Waals surface area (Å²) in [5.41, 5.74) is 6.68. The van der Waals surface area contributed by atoms with Crippen molar-refractivity contribution in [2.75, 3.05) is 32.7 Å². The smallest absolute Gasteiger partial charge is 0.407 e. The zero-order valence-electron chi connectivity index (χ0n) is 16.6. The van der Waals surface area contributed by atoms with Crippen molar-refractivity contribution in [1.82, 2.24) is 5.32 Å². The first-order valence-corrected chi connectivity index (χ1v) is 8.61. The van der Waals surface area contributed by atoms with Gasteiger partial charge in [0, 0.05) is 11.8 Å². The van der Waals surface area contributed by atoms with Crippen LogP contribution in [0.3, 0.4) is 0 Å². The second-order valence-electron chi connectivity index (χ2n) is 6.11. The van der Waals surface area contributed by atoms with Crippen LogP contribution >= 0.6 is 24.0 Å². The summed E-state index contributed by atoms with van der Waals surface area (Å²) in [6.45, 7) is 6.60. The number of nitrogens with two attached hydrogens (primary N) is 1. The molecule has 0 radical (unpaired) electrons. The van der Waals surface area contributed by atoms with E-state index in [0.29, 0.717) is 30.6 Å². The van der Waals surface area contributed by atoms with E-state index in [4.69, 9.17) is 19.9 Å². The maximum atomic E-state index is 11.6. The van der Waals surface area contributed by atoms with Gasteiger partial charge >= 0.3 is 6.09 Å². The maximum absolute atomic E-state index is 11.6. The maximum Gasteiger partial charge on any atom is 0.407 e. The number of hydrogen-bond acceptors (Lipinski definition) is 5. The number of alkyl carbamates (subject to hydrolysis) is 1. The first-order chi connectivity index (χ1) is 12.4. The number of benzene rings is 1. The minimum absolute atomic E-state index is 0. The molecule has 0 spiro atoms. The second kappa shape index (κ2) is 13.3. The van der Waals surface area contributed by atoms with Gasteiger partial charge in [0.05, 0.1) is 33.4 Å². The van der Waals surface area contributed by atoms with Crippen molar-refractivity contribution in [3.05, 3.63) is 18.2 Å². The van der Waals surface area contributed by atoms with Crippen LogP contribution in [0.5, 0.6) is 11.5 Å². The second-order valence-corrected chi connectivity index (χ2v) is 6.11. The zero-order chi connectivity index (χ0) is 19.5. The van der Waals surface area contributed by atoms with Gasteiger partial charge in [-0.1, -0.05) is 13.8 Å². The summed E-state index contributed by atoms with van der Waals surface area (Å²) in [5, 5.41) is 5.82. The van der Waals surface area contributed by atoms with E-state index in [1.807, 2.05) is 6.07 Å². The molecule has 1 aromatic rings. The molecule has 8 nitrogen and oxygen atoms in total. The fraction of sp³-hybridized carbons (Fsp3) is 0.556. The number of halogens is 1. The summed E-state index contributed by atoms with van der Waals surface area (Å²) in [6.07, 6.45) is 0.325. The Bertz CT molecular complexity index is 611. The van der Waals surface area contributed by atoms with Crippen LogP contribution in [0.1, 0.15) is 27.2 Å². The summed E-state index contributed by atoms with van der Waals surface area (Å²) < 4.78 is 15.4. The van der Waals surface area contributed by atoms with E-state index >= 15 is 0 Å². The first kappa shape index (κ1) is 25.1. The molecule has 154 valence electrons. The number of nitrogens with zero attached hydrogens (tertiary/aromatic N) is 1. The van der Waals surface area contributed by atoms with Gasteiger partial charge in [-0.2, -0.15) is 0 Å². The van der Waals surface area contributed by atoms with Crippen molar-refractivity contribution in [1.29, 1.82) is 0 Å². The van der Waals surface area contributed by atoms with Gasteiger partial charge in [0.15, 0.2) is 17.5 Å².